The van der Waals surface area contributed by atoms with Gasteiger partial charge in [0.1, 0.15) is 5.75 Å². The smallest absolute Gasteiger partial charge is 0.118 e. The van der Waals surface area contributed by atoms with Crippen LogP contribution in [-0.2, 0) is 0 Å². The summed E-state index contributed by atoms with van der Waals surface area (Å²) in [7, 11) is 1.68. The maximum Gasteiger partial charge on any atom is 0.118 e. The van der Waals surface area contributed by atoms with E-state index >= 15 is 0 Å². The number of benzene rings is 1. The van der Waals surface area contributed by atoms with Crippen molar-refractivity contribution in [1.82, 2.24) is 0 Å². The third kappa shape index (κ3) is 1.97. The van der Waals surface area contributed by atoms with Gasteiger partial charge in [-0.2, -0.15) is 0 Å². The summed E-state index contributed by atoms with van der Waals surface area (Å²) >= 11 is 0. The maximum absolute atomic E-state index is 5.05. The molecule has 60 valence electrons. The molecule has 1 nitrogen and oxygen atoms in total. The molecule has 0 N–H and O–H groups in total. The molecule has 1 aromatic carbocycles. The van der Waals surface area contributed by atoms with Crippen LogP contribution in [0.25, 0.3) is 0 Å². The fourth-order valence-electron chi connectivity index (χ4n) is 0.989. The van der Waals surface area contributed by atoms with Crippen LogP contribution >= 0.6 is 0 Å². The van der Waals surface area contributed by atoms with E-state index in [0.29, 0.717) is 5.92 Å². The summed E-state index contributed by atoms with van der Waals surface area (Å²) in [5, 5.41) is 0. The van der Waals surface area contributed by atoms with Gasteiger partial charge in [-0.25, -0.2) is 0 Å². The largest absolute Gasteiger partial charge is 0.497 e. The first-order valence-electron chi connectivity index (χ1n) is 3.88. The van der Waals surface area contributed by atoms with Gasteiger partial charge in [-0.1, -0.05) is 26.0 Å². The molecule has 1 heteroatoms. The minimum atomic E-state index is 0.598. The second kappa shape index (κ2) is 3.42. The van der Waals surface area contributed by atoms with E-state index in [1.54, 1.807) is 7.11 Å². The molecule has 0 atom stereocenters. The average Bonchev–Trinajstić information content (AvgIpc) is 2.05. The van der Waals surface area contributed by atoms with Crippen molar-refractivity contribution < 1.29 is 4.74 Å². The van der Waals surface area contributed by atoms with Gasteiger partial charge in [0, 0.05) is 0 Å². The Bertz CT molecular complexity index is 211. The standard InChI is InChI=1S/C10H14O/c1-8(2)9-4-6-10(11-3)7-5-9/h4-8H,1-3H3. The Labute approximate surface area is 68.0 Å². The Balaban J connectivity index is 2.83. The van der Waals surface area contributed by atoms with Gasteiger partial charge in [0.25, 0.3) is 0 Å². The summed E-state index contributed by atoms with van der Waals surface area (Å²) in [4.78, 5) is 0. The Morgan fingerprint density at radius 2 is 1.64 bits per heavy atom. The summed E-state index contributed by atoms with van der Waals surface area (Å²) < 4.78 is 5.05. The molecule has 1 aromatic rings. The predicted molar refractivity (Wildman–Crippen MR) is 47.1 cm³/mol. The van der Waals surface area contributed by atoms with Crippen molar-refractivity contribution in [2.45, 2.75) is 19.8 Å². The second-order valence-corrected chi connectivity index (χ2v) is 2.93. The van der Waals surface area contributed by atoms with Gasteiger partial charge in [0.2, 0.25) is 0 Å². The molecular formula is C10H14O. The van der Waals surface area contributed by atoms with E-state index in [2.05, 4.69) is 26.0 Å². The zero-order valence-electron chi connectivity index (χ0n) is 7.29. The predicted octanol–water partition coefficient (Wildman–Crippen LogP) is 2.82. The monoisotopic (exact) mass is 150 g/mol. The van der Waals surface area contributed by atoms with Crippen LogP contribution in [0.1, 0.15) is 25.3 Å². The van der Waals surface area contributed by atoms with E-state index in [4.69, 9.17) is 4.74 Å². The maximum atomic E-state index is 5.05. The van der Waals surface area contributed by atoms with Crippen LogP contribution < -0.4 is 4.74 Å². The van der Waals surface area contributed by atoms with E-state index in [9.17, 15) is 0 Å². The fourth-order valence-corrected chi connectivity index (χ4v) is 0.989. The zero-order valence-corrected chi connectivity index (χ0v) is 7.29. The highest BCUT2D eigenvalue weighted by Crippen LogP contribution is 2.17. The molecule has 0 saturated heterocycles. The van der Waals surface area contributed by atoms with E-state index in [1.807, 2.05) is 12.1 Å². The van der Waals surface area contributed by atoms with E-state index in [0.717, 1.165) is 5.75 Å². The second-order valence-electron chi connectivity index (χ2n) is 2.93. The fraction of sp³-hybridized carbons (Fsp3) is 0.400. The van der Waals surface area contributed by atoms with E-state index < -0.39 is 0 Å². The lowest BCUT2D eigenvalue weighted by atomic mass is 10.0. The highest BCUT2D eigenvalue weighted by molar-refractivity contribution is 5.28. The highest BCUT2D eigenvalue weighted by Gasteiger charge is 1.97. The van der Waals surface area contributed by atoms with Crippen molar-refractivity contribution >= 4 is 0 Å². The van der Waals surface area contributed by atoms with Gasteiger partial charge >= 0.3 is 0 Å². The molecule has 0 aromatic heterocycles. The summed E-state index contributed by atoms with van der Waals surface area (Å²) in [6, 6.07) is 8.19. The van der Waals surface area contributed by atoms with Crippen molar-refractivity contribution in [3.05, 3.63) is 29.8 Å². The lowest BCUT2D eigenvalue weighted by molar-refractivity contribution is 0.414. The van der Waals surface area contributed by atoms with Crippen LogP contribution in [0.5, 0.6) is 5.75 Å². The molecule has 11 heavy (non-hydrogen) atoms. The summed E-state index contributed by atoms with van der Waals surface area (Å²) in [5.41, 5.74) is 1.35. The van der Waals surface area contributed by atoms with Crippen LogP contribution in [0, 0.1) is 0 Å². The number of hydrogen-bond acceptors (Lipinski definition) is 1. The summed E-state index contributed by atoms with van der Waals surface area (Å²) in [5.74, 6) is 1.52. The van der Waals surface area contributed by atoms with Gasteiger partial charge < -0.3 is 4.74 Å². The van der Waals surface area contributed by atoms with Crippen molar-refractivity contribution in [3.8, 4) is 5.75 Å². The van der Waals surface area contributed by atoms with Gasteiger partial charge in [0.05, 0.1) is 7.11 Å². The first-order valence-corrected chi connectivity index (χ1v) is 3.88. The Hall–Kier alpha value is -0.980. The topological polar surface area (TPSA) is 9.23 Å². The normalized spacial score (nSPS) is 10.2. The molecule has 1 rings (SSSR count). The van der Waals surface area contributed by atoms with Crippen molar-refractivity contribution in [2.24, 2.45) is 0 Å². The molecule has 0 bridgehead atoms. The van der Waals surface area contributed by atoms with Crippen molar-refractivity contribution in [2.75, 3.05) is 7.11 Å². The molecule has 0 radical (unpaired) electrons. The minimum Gasteiger partial charge on any atom is -0.497 e. The van der Waals surface area contributed by atoms with Crippen LogP contribution in [0.3, 0.4) is 0 Å². The third-order valence-electron chi connectivity index (χ3n) is 1.78. The highest BCUT2D eigenvalue weighted by atomic mass is 16.5. The molecule has 0 saturated carbocycles. The quantitative estimate of drug-likeness (QED) is 0.630. The lowest BCUT2D eigenvalue weighted by Gasteiger charge is -2.05. The van der Waals surface area contributed by atoms with Gasteiger partial charge in [-0.3, -0.25) is 0 Å². The van der Waals surface area contributed by atoms with E-state index in [-0.39, 0.29) is 0 Å². The molecule has 0 aliphatic carbocycles. The zero-order chi connectivity index (χ0) is 8.27. The summed E-state index contributed by atoms with van der Waals surface area (Å²) in [6.45, 7) is 4.36. The van der Waals surface area contributed by atoms with Gasteiger partial charge in [-0.15, -0.1) is 0 Å². The lowest BCUT2D eigenvalue weighted by Crippen LogP contribution is -1.87. The van der Waals surface area contributed by atoms with Crippen LogP contribution in [0.4, 0.5) is 0 Å². The first-order chi connectivity index (χ1) is 5.24. The molecule has 0 amide bonds. The van der Waals surface area contributed by atoms with Crippen LogP contribution in [0.2, 0.25) is 0 Å². The molecule has 0 fully saturated rings. The SMILES string of the molecule is COc1ccc(C(C)C)cc1. The first kappa shape index (κ1) is 8.12. The molecule has 0 aliphatic heterocycles. The third-order valence-corrected chi connectivity index (χ3v) is 1.78. The van der Waals surface area contributed by atoms with Crippen LogP contribution in [-0.4, -0.2) is 7.11 Å². The summed E-state index contributed by atoms with van der Waals surface area (Å²) in [6.07, 6.45) is 0. The number of rotatable bonds is 2. The number of hydrogen-bond donors (Lipinski definition) is 0. The van der Waals surface area contributed by atoms with Crippen molar-refractivity contribution in [1.29, 1.82) is 0 Å². The van der Waals surface area contributed by atoms with Crippen molar-refractivity contribution in [3.63, 3.8) is 0 Å². The molecule has 0 aliphatic rings. The Morgan fingerprint density at radius 3 is 2.00 bits per heavy atom. The Morgan fingerprint density at radius 1 is 1.09 bits per heavy atom. The number of ether oxygens (including phenoxy) is 1. The molecular weight excluding hydrogens is 136 g/mol. The number of methoxy groups -OCH3 is 1. The van der Waals surface area contributed by atoms with Gasteiger partial charge in [0.15, 0.2) is 0 Å². The molecule has 0 spiro atoms. The minimum absolute atomic E-state index is 0.598. The van der Waals surface area contributed by atoms with E-state index in [1.165, 1.54) is 5.56 Å². The van der Waals surface area contributed by atoms with Gasteiger partial charge in [-0.05, 0) is 23.6 Å². The Kier molecular flexibility index (Phi) is 2.53. The van der Waals surface area contributed by atoms with Crippen LogP contribution in [0.15, 0.2) is 24.3 Å². The molecule has 0 heterocycles. The molecule has 0 unspecified atom stereocenters. The average molecular weight is 150 g/mol.